The normalized spacial score (nSPS) is 31.1. The Kier molecular flexibility index (Phi) is 3.26. The van der Waals surface area contributed by atoms with Gasteiger partial charge in [-0.05, 0) is 32.9 Å². The van der Waals surface area contributed by atoms with E-state index in [1.807, 2.05) is 0 Å². The molecule has 0 saturated carbocycles. The third kappa shape index (κ3) is 2.32. The maximum atomic E-state index is 10.5. The molecule has 2 unspecified atom stereocenters. The molecular weight excluding hydrogens is 192 g/mol. The summed E-state index contributed by atoms with van der Waals surface area (Å²) in [7, 11) is 2.06. The first-order valence-corrected chi connectivity index (χ1v) is 5.84. The molecule has 0 spiro atoms. The first kappa shape index (κ1) is 10.9. The Morgan fingerprint density at radius 1 is 1.47 bits per heavy atom. The van der Waals surface area contributed by atoms with Crippen LogP contribution in [0, 0.1) is 0 Å². The van der Waals surface area contributed by atoms with E-state index in [9.17, 15) is 4.79 Å². The van der Waals surface area contributed by atoms with E-state index in [2.05, 4.69) is 16.8 Å². The van der Waals surface area contributed by atoms with Crippen LogP contribution in [0.1, 0.15) is 25.7 Å². The van der Waals surface area contributed by atoms with E-state index in [1.54, 1.807) is 0 Å². The van der Waals surface area contributed by atoms with Gasteiger partial charge in [0, 0.05) is 25.2 Å². The molecule has 2 aliphatic rings. The maximum Gasteiger partial charge on any atom is 0.304 e. The van der Waals surface area contributed by atoms with Gasteiger partial charge in [-0.2, -0.15) is 0 Å². The number of carbonyl (C=O) groups is 1. The van der Waals surface area contributed by atoms with Gasteiger partial charge in [0.15, 0.2) is 0 Å². The lowest BCUT2D eigenvalue weighted by atomic mass is 10.1. The monoisotopic (exact) mass is 212 g/mol. The number of hydrogen-bond acceptors (Lipinski definition) is 3. The highest BCUT2D eigenvalue weighted by Crippen LogP contribution is 2.30. The van der Waals surface area contributed by atoms with Gasteiger partial charge >= 0.3 is 5.97 Å². The number of rotatable bonds is 4. The third-order valence-electron chi connectivity index (χ3n) is 3.81. The topological polar surface area (TPSA) is 43.8 Å². The van der Waals surface area contributed by atoms with Gasteiger partial charge in [0.25, 0.3) is 0 Å². The smallest absolute Gasteiger partial charge is 0.304 e. The van der Waals surface area contributed by atoms with Crippen LogP contribution >= 0.6 is 0 Å². The molecular formula is C11H20N2O2. The highest BCUT2D eigenvalue weighted by molar-refractivity contribution is 5.66. The molecule has 4 heteroatoms. The minimum atomic E-state index is -0.692. The Morgan fingerprint density at radius 2 is 2.27 bits per heavy atom. The summed E-state index contributed by atoms with van der Waals surface area (Å²) in [5.74, 6) is -0.692. The first-order valence-electron chi connectivity index (χ1n) is 5.84. The molecule has 2 aliphatic heterocycles. The molecule has 15 heavy (non-hydrogen) atoms. The van der Waals surface area contributed by atoms with Crippen LogP contribution < -0.4 is 0 Å². The van der Waals surface area contributed by atoms with Crippen LogP contribution in [-0.4, -0.2) is 59.6 Å². The summed E-state index contributed by atoms with van der Waals surface area (Å²) < 4.78 is 0. The molecule has 0 amide bonds. The van der Waals surface area contributed by atoms with Crippen molar-refractivity contribution < 1.29 is 9.90 Å². The number of fused-ring (bicyclic) bond motifs is 1. The van der Waals surface area contributed by atoms with Crippen molar-refractivity contribution >= 4 is 5.97 Å². The minimum Gasteiger partial charge on any atom is -0.481 e. The number of aliphatic carboxylic acids is 1. The maximum absolute atomic E-state index is 10.5. The SMILES string of the molecule is CN(CCC(=O)O)C1CCN2CCCC12. The molecule has 2 rings (SSSR count). The van der Waals surface area contributed by atoms with Crippen LogP contribution in [0.25, 0.3) is 0 Å². The molecule has 0 radical (unpaired) electrons. The summed E-state index contributed by atoms with van der Waals surface area (Å²) in [5.41, 5.74) is 0. The number of likely N-dealkylation sites (N-methyl/N-ethyl adjacent to an activating group) is 1. The quantitative estimate of drug-likeness (QED) is 0.742. The largest absolute Gasteiger partial charge is 0.481 e. The van der Waals surface area contributed by atoms with E-state index in [0.29, 0.717) is 18.6 Å². The van der Waals surface area contributed by atoms with Gasteiger partial charge in [-0.25, -0.2) is 0 Å². The summed E-state index contributed by atoms with van der Waals surface area (Å²) >= 11 is 0. The molecule has 86 valence electrons. The first-order chi connectivity index (χ1) is 7.18. The Labute approximate surface area is 90.9 Å². The fourth-order valence-corrected chi connectivity index (χ4v) is 3.01. The van der Waals surface area contributed by atoms with Crippen LogP contribution in [-0.2, 0) is 4.79 Å². The van der Waals surface area contributed by atoms with Crippen molar-refractivity contribution in [2.24, 2.45) is 0 Å². The fourth-order valence-electron chi connectivity index (χ4n) is 3.01. The molecule has 0 aromatic rings. The number of carboxylic acids is 1. The highest BCUT2D eigenvalue weighted by atomic mass is 16.4. The molecule has 0 aromatic heterocycles. The van der Waals surface area contributed by atoms with Gasteiger partial charge in [0.05, 0.1) is 6.42 Å². The van der Waals surface area contributed by atoms with Crippen molar-refractivity contribution in [3.8, 4) is 0 Å². The van der Waals surface area contributed by atoms with E-state index in [-0.39, 0.29) is 6.42 Å². The van der Waals surface area contributed by atoms with Crippen molar-refractivity contribution in [3.63, 3.8) is 0 Å². The van der Waals surface area contributed by atoms with Gasteiger partial charge in [-0.3, -0.25) is 9.69 Å². The Bertz CT molecular complexity index is 245. The second-order valence-electron chi connectivity index (χ2n) is 4.73. The molecule has 0 bridgehead atoms. The number of nitrogens with zero attached hydrogens (tertiary/aromatic N) is 2. The zero-order valence-electron chi connectivity index (χ0n) is 9.35. The van der Waals surface area contributed by atoms with Crippen molar-refractivity contribution in [2.75, 3.05) is 26.7 Å². The predicted molar refractivity (Wildman–Crippen MR) is 57.9 cm³/mol. The van der Waals surface area contributed by atoms with E-state index in [4.69, 9.17) is 5.11 Å². The summed E-state index contributed by atoms with van der Waals surface area (Å²) in [4.78, 5) is 15.3. The zero-order valence-corrected chi connectivity index (χ0v) is 9.35. The van der Waals surface area contributed by atoms with Crippen LogP contribution in [0.3, 0.4) is 0 Å². The Hall–Kier alpha value is -0.610. The summed E-state index contributed by atoms with van der Waals surface area (Å²) in [6.45, 7) is 3.13. The average Bonchev–Trinajstić information content (AvgIpc) is 2.74. The lowest BCUT2D eigenvalue weighted by Crippen LogP contribution is -2.41. The average molecular weight is 212 g/mol. The van der Waals surface area contributed by atoms with Gasteiger partial charge in [0.1, 0.15) is 0 Å². The molecule has 1 N–H and O–H groups in total. The van der Waals surface area contributed by atoms with Crippen molar-refractivity contribution in [2.45, 2.75) is 37.8 Å². The molecule has 2 fully saturated rings. The fraction of sp³-hybridized carbons (Fsp3) is 0.909. The van der Waals surface area contributed by atoms with Crippen molar-refractivity contribution in [1.82, 2.24) is 9.80 Å². The molecule has 2 saturated heterocycles. The summed E-state index contributed by atoms with van der Waals surface area (Å²) in [6.07, 6.45) is 4.08. The molecule has 2 heterocycles. The van der Waals surface area contributed by atoms with Crippen molar-refractivity contribution in [1.29, 1.82) is 0 Å². The lowest BCUT2D eigenvalue weighted by molar-refractivity contribution is -0.137. The van der Waals surface area contributed by atoms with Gasteiger partial charge < -0.3 is 10.0 Å². The second kappa shape index (κ2) is 4.49. The van der Waals surface area contributed by atoms with Crippen molar-refractivity contribution in [3.05, 3.63) is 0 Å². The number of hydrogen-bond donors (Lipinski definition) is 1. The van der Waals surface area contributed by atoms with Crippen LogP contribution in [0.15, 0.2) is 0 Å². The number of carboxylic acid groups (broad SMARTS) is 1. The minimum absolute atomic E-state index is 0.264. The summed E-state index contributed by atoms with van der Waals surface area (Å²) in [5, 5.41) is 8.66. The standard InChI is InChI=1S/C11H20N2O2/c1-12(7-5-11(14)15)9-4-8-13-6-2-3-10(9)13/h9-10H,2-8H2,1H3,(H,14,15). The Balaban J connectivity index is 1.84. The predicted octanol–water partition coefficient (Wildman–Crippen LogP) is 0.630. The summed E-state index contributed by atoms with van der Waals surface area (Å²) in [6, 6.07) is 1.29. The molecule has 4 nitrogen and oxygen atoms in total. The Morgan fingerprint density at radius 3 is 3.00 bits per heavy atom. The lowest BCUT2D eigenvalue weighted by Gasteiger charge is -2.28. The molecule has 0 aliphatic carbocycles. The zero-order chi connectivity index (χ0) is 10.8. The second-order valence-corrected chi connectivity index (χ2v) is 4.73. The third-order valence-corrected chi connectivity index (χ3v) is 3.81. The van der Waals surface area contributed by atoms with Gasteiger partial charge in [0.2, 0.25) is 0 Å². The van der Waals surface area contributed by atoms with Crippen LogP contribution in [0.4, 0.5) is 0 Å². The van der Waals surface area contributed by atoms with E-state index < -0.39 is 5.97 Å². The van der Waals surface area contributed by atoms with Crippen LogP contribution in [0.2, 0.25) is 0 Å². The van der Waals surface area contributed by atoms with Gasteiger partial charge in [-0.15, -0.1) is 0 Å². The van der Waals surface area contributed by atoms with Crippen LogP contribution in [0.5, 0.6) is 0 Å². The van der Waals surface area contributed by atoms with E-state index in [1.165, 1.54) is 32.4 Å². The van der Waals surface area contributed by atoms with Gasteiger partial charge in [-0.1, -0.05) is 0 Å². The van der Waals surface area contributed by atoms with E-state index >= 15 is 0 Å². The molecule has 2 atom stereocenters. The molecule has 0 aromatic carbocycles. The van der Waals surface area contributed by atoms with E-state index in [0.717, 1.165) is 0 Å². The highest BCUT2D eigenvalue weighted by Gasteiger charge is 2.38.